The van der Waals surface area contributed by atoms with E-state index in [0.717, 1.165) is 27.5 Å². The van der Waals surface area contributed by atoms with Crippen LogP contribution in [-0.2, 0) is 0 Å². The molecule has 3 aromatic rings. The van der Waals surface area contributed by atoms with Gasteiger partial charge in [-0.15, -0.1) is 11.3 Å². The molecule has 3 rings (SSSR count). The number of nitrogens with two attached hydrogens (primary N) is 1. The van der Waals surface area contributed by atoms with Crippen molar-refractivity contribution in [3.05, 3.63) is 59.5 Å². The Labute approximate surface area is 129 Å². The molecule has 2 aromatic carbocycles. The highest BCUT2D eigenvalue weighted by Crippen LogP contribution is 2.32. The van der Waals surface area contributed by atoms with E-state index < -0.39 is 0 Å². The minimum atomic E-state index is 0.550. The molecule has 3 heteroatoms. The van der Waals surface area contributed by atoms with Crippen molar-refractivity contribution in [2.45, 2.75) is 19.8 Å². The van der Waals surface area contributed by atoms with Gasteiger partial charge in [0.15, 0.2) is 0 Å². The molecule has 1 heterocycles. The van der Waals surface area contributed by atoms with Crippen molar-refractivity contribution in [1.82, 2.24) is 4.98 Å². The SMILES string of the molecule is CC(C)c1ccc(-c2csc(-c3ccccc3N)n2)cc1. The molecule has 0 unspecified atom stereocenters. The Kier molecular flexibility index (Phi) is 3.76. The highest BCUT2D eigenvalue weighted by Gasteiger charge is 2.09. The Bertz CT molecular complexity index is 742. The van der Waals surface area contributed by atoms with E-state index in [1.165, 1.54) is 5.56 Å². The Balaban J connectivity index is 1.93. The van der Waals surface area contributed by atoms with E-state index in [2.05, 4.69) is 43.5 Å². The molecule has 0 amide bonds. The summed E-state index contributed by atoms with van der Waals surface area (Å²) in [5, 5.41) is 3.06. The minimum absolute atomic E-state index is 0.550. The molecule has 1 aromatic heterocycles. The molecule has 0 saturated heterocycles. The first kappa shape index (κ1) is 13.8. The molecule has 21 heavy (non-hydrogen) atoms. The number of anilines is 1. The first-order valence-electron chi connectivity index (χ1n) is 7.06. The van der Waals surface area contributed by atoms with E-state index in [-0.39, 0.29) is 0 Å². The number of nitrogens with zero attached hydrogens (tertiary/aromatic N) is 1. The molecule has 0 radical (unpaired) electrons. The van der Waals surface area contributed by atoms with E-state index in [1.54, 1.807) is 11.3 Å². The summed E-state index contributed by atoms with van der Waals surface area (Å²) in [5.41, 5.74) is 11.3. The predicted molar refractivity (Wildman–Crippen MR) is 91.5 cm³/mol. The lowest BCUT2D eigenvalue weighted by Gasteiger charge is -2.05. The monoisotopic (exact) mass is 294 g/mol. The number of thiazole rings is 1. The molecule has 0 aliphatic carbocycles. The number of nitrogen functional groups attached to an aromatic ring is 1. The van der Waals surface area contributed by atoms with Gasteiger partial charge in [-0.2, -0.15) is 0 Å². The molecule has 0 spiro atoms. The lowest BCUT2D eigenvalue weighted by molar-refractivity contribution is 0.867. The molecule has 2 nitrogen and oxygen atoms in total. The van der Waals surface area contributed by atoms with Gasteiger partial charge in [0.25, 0.3) is 0 Å². The summed E-state index contributed by atoms with van der Waals surface area (Å²) < 4.78 is 0. The fourth-order valence-corrected chi connectivity index (χ4v) is 3.14. The number of aromatic nitrogens is 1. The predicted octanol–water partition coefficient (Wildman–Crippen LogP) is 5.18. The first-order chi connectivity index (χ1) is 10.1. The summed E-state index contributed by atoms with van der Waals surface area (Å²) in [7, 11) is 0. The van der Waals surface area contributed by atoms with Crippen LogP contribution in [-0.4, -0.2) is 4.98 Å². The molecule has 0 fully saturated rings. The maximum atomic E-state index is 6.02. The largest absolute Gasteiger partial charge is 0.398 e. The number of hydrogen-bond acceptors (Lipinski definition) is 3. The van der Waals surface area contributed by atoms with Crippen LogP contribution in [0.15, 0.2) is 53.9 Å². The second kappa shape index (κ2) is 5.70. The molecule has 2 N–H and O–H groups in total. The van der Waals surface area contributed by atoms with Crippen molar-refractivity contribution in [2.24, 2.45) is 0 Å². The van der Waals surface area contributed by atoms with Gasteiger partial charge in [-0.05, 0) is 23.6 Å². The van der Waals surface area contributed by atoms with Gasteiger partial charge in [0.2, 0.25) is 0 Å². The summed E-state index contributed by atoms with van der Waals surface area (Å²) in [5.74, 6) is 0.550. The zero-order valence-electron chi connectivity index (χ0n) is 12.2. The van der Waals surface area contributed by atoms with E-state index in [1.807, 2.05) is 24.3 Å². The number of benzene rings is 2. The first-order valence-corrected chi connectivity index (χ1v) is 7.94. The molecule has 0 aliphatic rings. The van der Waals surface area contributed by atoms with Crippen LogP contribution >= 0.6 is 11.3 Å². The summed E-state index contributed by atoms with van der Waals surface area (Å²) in [4.78, 5) is 4.72. The Morgan fingerprint density at radius 3 is 2.38 bits per heavy atom. The molecule has 106 valence electrons. The second-order valence-corrected chi connectivity index (χ2v) is 6.26. The Morgan fingerprint density at radius 1 is 1.00 bits per heavy atom. The van der Waals surface area contributed by atoms with Crippen LogP contribution in [0.5, 0.6) is 0 Å². The lowest BCUT2D eigenvalue weighted by atomic mass is 10.0. The van der Waals surface area contributed by atoms with Crippen molar-refractivity contribution < 1.29 is 0 Å². The van der Waals surface area contributed by atoms with Gasteiger partial charge in [-0.25, -0.2) is 4.98 Å². The van der Waals surface area contributed by atoms with Crippen LogP contribution in [0.25, 0.3) is 21.8 Å². The third kappa shape index (κ3) is 2.83. The maximum absolute atomic E-state index is 6.02. The van der Waals surface area contributed by atoms with Crippen molar-refractivity contribution >= 4 is 17.0 Å². The third-order valence-electron chi connectivity index (χ3n) is 3.57. The normalized spacial score (nSPS) is 11.0. The standard InChI is InChI=1S/C18H18N2S/c1-12(2)13-7-9-14(10-8-13)17-11-21-18(20-17)15-5-3-4-6-16(15)19/h3-12H,19H2,1-2H3. The Hall–Kier alpha value is -2.13. The van der Waals surface area contributed by atoms with Gasteiger partial charge in [0.1, 0.15) is 5.01 Å². The van der Waals surface area contributed by atoms with Gasteiger partial charge in [-0.3, -0.25) is 0 Å². The van der Waals surface area contributed by atoms with Gasteiger partial charge in [-0.1, -0.05) is 50.2 Å². The average molecular weight is 294 g/mol. The van der Waals surface area contributed by atoms with Gasteiger partial charge < -0.3 is 5.73 Å². The zero-order valence-corrected chi connectivity index (χ0v) is 13.0. The van der Waals surface area contributed by atoms with E-state index in [4.69, 9.17) is 10.7 Å². The van der Waals surface area contributed by atoms with Crippen LogP contribution in [0.2, 0.25) is 0 Å². The zero-order chi connectivity index (χ0) is 14.8. The van der Waals surface area contributed by atoms with Crippen LogP contribution in [0.3, 0.4) is 0 Å². The molecule has 0 aliphatic heterocycles. The smallest absolute Gasteiger partial charge is 0.126 e. The highest BCUT2D eigenvalue weighted by molar-refractivity contribution is 7.13. The third-order valence-corrected chi connectivity index (χ3v) is 4.44. The van der Waals surface area contributed by atoms with E-state index >= 15 is 0 Å². The average Bonchev–Trinajstić information content (AvgIpc) is 2.97. The van der Waals surface area contributed by atoms with Crippen molar-refractivity contribution in [2.75, 3.05) is 5.73 Å². The maximum Gasteiger partial charge on any atom is 0.126 e. The van der Waals surface area contributed by atoms with Crippen LogP contribution in [0.4, 0.5) is 5.69 Å². The fraction of sp³-hybridized carbons (Fsp3) is 0.167. The van der Waals surface area contributed by atoms with Gasteiger partial charge >= 0.3 is 0 Å². The quantitative estimate of drug-likeness (QED) is 0.676. The van der Waals surface area contributed by atoms with Crippen molar-refractivity contribution in [3.8, 4) is 21.8 Å². The number of para-hydroxylation sites is 1. The molecule has 0 atom stereocenters. The fourth-order valence-electron chi connectivity index (χ4n) is 2.26. The number of hydrogen-bond donors (Lipinski definition) is 1. The summed E-state index contributed by atoms with van der Waals surface area (Å²) >= 11 is 1.63. The molecular formula is C18H18N2S. The lowest BCUT2D eigenvalue weighted by Crippen LogP contribution is -1.89. The molecule has 0 bridgehead atoms. The van der Waals surface area contributed by atoms with Gasteiger partial charge in [0, 0.05) is 22.2 Å². The highest BCUT2D eigenvalue weighted by atomic mass is 32.1. The molecule has 0 saturated carbocycles. The minimum Gasteiger partial charge on any atom is -0.398 e. The van der Waals surface area contributed by atoms with Crippen molar-refractivity contribution in [1.29, 1.82) is 0 Å². The topological polar surface area (TPSA) is 38.9 Å². The summed E-state index contributed by atoms with van der Waals surface area (Å²) in [6.07, 6.45) is 0. The second-order valence-electron chi connectivity index (χ2n) is 5.40. The Morgan fingerprint density at radius 2 is 1.71 bits per heavy atom. The van der Waals surface area contributed by atoms with Crippen LogP contribution in [0.1, 0.15) is 25.3 Å². The van der Waals surface area contributed by atoms with Crippen molar-refractivity contribution in [3.63, 3.8) is 0 Å². The molecular weight excluding hydrogens is 276 g/mol. The number of rotatable bonds is 3. The van der Waals surface area contributed by atoms with Crippen LogP contribution in [0, 0.1) is 0 Å². The van der Waals surface area contributed by atoms with Crippen LogP contribution < -0.4 is 5.73 Å². The van der Waals surface area contributed by atoms with E-state index in [9.17, 15) is 0 Å². The summed E-state index contributed by atoms with van der Waals surface area (Å²) in [6.45, 7) is 4.41. The summed E-state index contributed by atoms with van der Waals surface area (Å²) in [6, 6.07) is 16.5. The van der Waals surface area contributed by atoms with Gasteiger partial charge in [0.05, 0.1) is 5.69 Å². The van der Waals surface area contributed by atoms with E-state index in [0.29, 0.717) is 5.92 Å².